The van der Waals surface area contributed by atoms with Gasteiger partial charge in [0, 0.05) is 33.2 Å². The van der Waals surface area contributed by atoms with Crippen molar-refractivity contribution in [2.75, 3.05) is 33.2 Å². The highest BCUT2D eigenvalue weighted by Gasteiger charge is 2.35. The van der Waals surface area contributed by atoms with Gasteiger partial charge in [-0.05, 0) is 23.5 Å². The lowest BCUT2D eigenvalue weighted by Gasteiger charge is -2.38. The molecule has 1 aliphatic rings. The molecule has 0 radical (unpaired) electrons. The Labute approximate surface area is 153 Å². The highest BCUT2D eigenvalue weighted by Crippen LogP contribution is 2.27. The van der Waals surface area contributed by atoms with Gasteiger partial charge in [0.2, 0.25) is 0 Å². The van der Waals surface area contributed by atoms with E-state index < -0.39 is 10.2 Å². The molecule has 0 bridgehead atoms. The van der Waals surface area contributed by atoms with Crippen LogP contribution in [-0.4, -0.2) is 50.3 Å². The second-order valence-corrected chi connectivity index (χ2v) is 8.60. The molecular weight excluding hydrogens is 346 g/mol. The van der Waals surface area contributed by atoms with Crippen molar-refractivity contribution in [2.24, 2.45) is 5.92 Å². The first-order chi connectivity index (χ1) is 10.9. The second-order valence-electron chi connectivity index (χ2n) is 6.61. The third-order valence-electron chi connectivity index (χ3n) is 4.28. The number of nitrogens with zero attached hydrogens (tertiary/aromatic N) is 2. The van der Waals surface area contributed by atoms with Crippen LogP contribution in [0.4, 0.5) is 0 Å². The van der Waals surface area contributed by atoms with Crippen LogP contribution in [0, 0.1) is 5.92 Å². The van der Waals surface area contributed by atoms with Crippen LogP contribution in [0.1, 0.15) is 37.9 Å². The van der Waals surface area contributed by atoms with Crippen LogP contribution in [0.15, 0.2) is 24.3 Å². The van der Waals surface area contributed by atoms with E-state index in [2.05, 4.69) is 36.5 Å². The summed E-state index contributed by atoms with van der Waals surface area (Å²) in [5, 5.41) is 3.32. The standard InChI is InChI=1S/C17H29N3O2S.ClH/c1-5-15-6-8-16(9-7-15)17-12-18-10-11-20(17)23(21,22)19(4)13-14(2)3;/h6-9,14,17-18H,5,10-13H2,1-4H3;1H. The first-order valence-electron chi connectivity index (χ1n) is 8.39. The Kier molecular flexibility index (Phi) is 8.15. The van der Waals surface area contributed by atoms with E-state index in [1.54, 1.807) is 11.4 Å². The van der Waals surface area contributed by atoms with Crippen molar-refractivity contribution in [1.29, 1.82) is 0 Å². The monoisotopic (exact) mass is 375 g/mol. The summed E-state index contributed by atoms with van der Waals surface area (Å²) in [6.07, 6.45) is 0.988. The van der Waals surface area contributed by atoms with Gasteiger partial charge in [-0.3, -0.25) is 0 Å². The summed E-state index contributed by atoms with van der Waals surface area (Å²) in [5.74, 6) is 0.306. The van der Waals surface area contributed by atoms with E-state index >= 15 is 0 Å². The van der Waals surface area contributed by atoms with Gasteiger partial charge in [-0.1, -0.05) is 45.0 Å². The minimum absolute atomic E-state index is 0. The van der Waals surface area contributed by atoms with Crippen molar-refractivity contribution in [3.05, 3.63) is 35.4 Å². The third-order valence-corrected chi connectivity index (χ3v) is 6.25. The number of nitrogens with one attached hydrogen (secondary N) is 1. The molecule has 1 aromatic rings. The van der Waals surface area contributed by atoms with Gasteiger partial charge in [-0.15, -0.1) is 12.4 Å². The molecule has 1 aromatic carbocycles. The SMILES string of the molecule is CCc1ccc(C2CNCCN2S(=O)(=O)N(C)CC(C)C)cc1.Cl. The molecule has 1 aliphatic heterocycles. The average molecular weight is 376 g/mol. The highest BCUT2D eigenvalue weighted by molar-refractivity contribution is 7.86. The molecule has 1 unspecified atom stereocenters. The maximum Gasteiger partial charge on any atom is 0.282 e. The molecule has 0 aliphatic carbocycles. The summed E-state index contributed by atoms with van der Waals surface area (Å²) in [5.41, 5.74) is 2.32. The van der Waals surface area contributed by atoms with Crippen LogP contribution in [0.25, 0.3) is 0 Å². The Hall–Kier alpha value is -0.660. The fourth-order valence-corrected chi connectivity index (χ4v) is 4.69. The maximum atomic E-state index is 13.0. The topological polar surface area (TPSA) is 52.7 Å². The molecule has 0 saturated carbocycles. The molecule has 138 valence electrons. The van der Waals surface area contributed by atoms with E-state index in [4.69, 9.17) is 0 Å². The number of rotatable bonds is 6. The number of hydrogen-bond acceptors (Lipinski definition) is 3. The molecule has 24 heavy (non-hydrogen) atoms. The summed E-state index contributed by atoms with van der Waals surface area (Å²) >= 11 is 0. The maximum absolute atomic E-state index is 13.0. The zero-order chi connectivity index (χ0) is 17.0. The Morgan fingerprint density at radius 2 is 1.92 bits per heavy atom. The van der Waals surface area contributed by atoms with Crippen LogP contribution in [0.5, 0.6) is 0 Å². The van der Waals surface area contributed by atoms with Gasteiger partial charge >= 0.3 is 0 Å². The number of piperazine rings is 1. The molecule has 0 aromatic heterocycles. The zero-order valence-corrected chi connectivity index (χ0v) is 16.7. The summed E-state index contributed by atoms with van der Waals surface area (Å²) < 4.78 is 29.0. The summed E-state index contributed by atoms with van der Waals surface area (Å²) in [7, 11) is -1.77. The summed E-state index contributed by atoms with van der Waals surface area (Å²) in [6.45, 7) is 8.57. The Bertz CT molecular complexity index is 605. The molecule has 1 saturated heterocycles. The number of hydrogen-bond donors (Lipinski definition) is 1. The van der Waals surface area contributed by atoms with Crippen LogP contribution in [-0.2, 0) is 16.6 Å². The van der Waals surface area contributed by atoms with Gasteiger partial charge in [0.25, 0.3) is 10.2 Å². The van der Waals surface area contributed by atoms with Crippen molar-refractivity contribution >= 4 is 22.6 Å². The van der Waals surface area contributed by atoms with Gasteiger partial charge in [-0.2, -0.15) is 17.0 Å². The molecule has 2 rings (SSSR count). The lowest BCUT2D eigenvalue weighted by Crippen LogP contribution is -2.53. The van der Waals surface area contributed by atoms with E-state index in [0.717, 1.165) is 12.0 Å². The molecule has 1 fully saturated rings. The largest absolute Gasteiger partial charge is 0.313 e. The smallest absolute Gasteiger partial charge is 0.282 e. The Balaban J connectivity index is 0.00000288. The van der Waals surface area contributed by atoms with Crippen LogP contribution < -0.4 is 5.32 Å². The predicted octanol–water partition coefficient (Wildman–Crippen LogP) is 2.45. The molecule has 7 heteroatoms. The van der Waals surface area contributed by atoms with Crippen molar-refractivity contribution in [3.8, 4) is 0 Å². The van der Waals surface area contributed by atoms with Crippen LogP contribution in [0.2, 0.25) is 0 Å². The predicted molar refractivity (Wildman–Crippen MR) is 102 cm³/mol. The third kappa shape index (κ3) is 4.92. The Morgan fingerprint density at radius 3 is 2.46 bits per heavy atom. The van der Waals surface area contributed by atoms with E-state index in [1.807, 2.05) is 13.8 Å². The van der Waals surface area contributed by atoms with Crippen molar-refractivity contribution in [1.82, 2.24) is 13.9 Å². The average Bonchev–Trinajstić information content (AvgIpc) is 2.54. The van der Waals surface area contributed by atoms with Gasteiger partial charge in [-0.25, -0.2) is 0 Å². The first kappa shape index (κ1) is 21.4. The zero-order valence-electron chi connectivity index (χ0n) is 15.0. The van der Waals surface area contributed by atoms with E-state index in [1.165, 1.54) is 9.87 Å². The van der Waals surface area contributed by atoms with Gasteiger partial charge in [0.15, 0.2) is 0 Å². The van der Waals surface area contributed by atoms with Crippen LogP contribution in [0.3, 0.4) is 0 Å². The van der Waals surface area contributed by atoms with Crippen molar-refractivity contribution in [2.45, 2.75) is 33.2 Å². The summed E-state index contributed by atoms with van der Waals surface area (Å²) in [4.78, 5) is 0. The quantitative estimate of drug-likeness (QED) is 0.830. The van der Waals surface area contributed by atoms with E-state index in [9.17, 15) is 8.42 Å². The fraction of sp³-hybridized carbons (Fsp3) is 0.647. The minimum atomic E-state index is -3.44. The molecule has 1 heterocycles. The number of halogens is 1. The minimum Gasteiger partial charge on any atom is -0.313 e. The fourth-order valence-electron chi connectivity index (χ4n) is 3.01. The highest BCUT2D eigenvalue weighted by atomic mass is 35.5. The molecular formula is C17H30ClN3O2S. The van der Waals surface area contributed by atoms with Crippen molar-refractivity contribution in [3.63, 3.8) is 0 Å². The lowest BCUT2D eigenvalue weighted by atomic mass is 10.0. The molecule has 0 amide bonds. The molecule has 0 spiro atoms. The number of benzene rings is 1. The second kappa shape index (κ2) is 9.15. The first-order valence-corrected chi connectivity index (χ1v) is 9.78. The number of aryl methyl sites for hydroxylation is 1. The molecule has 1 atom stereocenters. The normalized spacial score (nSPS) is 19.5. The van der Waals surface area contributed by atoms with Gasteiger partial charge in [0.05, 0.1) is 6.04 Å². The van der Waals surface area contributed by atoms with Crippen LogP contribution >= 0.6 is 12.4 Å². The van der Waals surface area contributed by atoms with Gasteiger partial charge < -0.3 is 5.32 Å². The lowest BCUT2D eigenvalue weighted by molar-refractivity contribution is 0.249. The molecule has 1 N–H and O–H groups in total. The van der Waals surface area contributed by atoms with E-state index in [0.29, 0.717) is 32.1 Å². The summed E-state index contributed by atoms with van der Waals surface area (Å²) in [6, 6.07) is 8.15. The molecule has 5 nitrogen and oxygen atoms in total. The van der Waals surface area contributed by atoms with Gasteiger partial charge in [0.1, 0.15) is 0 Å². The van der Waals surface area contributed by atoms with E-state index in [-0.39, 0.29) is 18.4 Å². The van der Waals surface area contributed by atoms with Crippen molar-refractivity contribution < 1.29 is 8.42 Å². The Morgan fingerprint density at radius 1 is 1.29 bits per heavy atom.